The SMILES string of the molecule is CCCCc1cn(CC2CCN(C(=O)c3cncc(C)c3)CC2)nn1. The highest BCUT2D eigenvalue weighted by molar-refractivity contribution is 5.94. The van der Waals surface area contributed by atoms with Gasteiger partial charge in [0, 0.05) is 38.2 Å². The number of rotatable bonds is 6. The van der Waals surface area contributed by atoms with E-state index in [-0.39, 0.29) is 5.91 Å². The summed E-state index contributed by atoms with van der Waals surface area (Å²) in [6, 6.07) is 1.91. The van der Waals surface area contributed by atoms with Gasteiger partial charge in [0.05, 0.1) is 11.3 Å². The van der Waals surface area contributed by atoms with Crippen LogP contribution < -0.4 is 0 Å². The Morgan fingerprint density at radius 3 is 2.80 bits per heavy atom. The molecule has 3 rings (SSSR count). The van der Waals surface area contributed by atoms with Crippen molar-refractivity contribution in [3.8, 4) is 0 Å². The number of carbonyl (C=O) groups excluding carboxylic acids is 1. The van der Waals surface area contributed by atoms with Crippen molar-refractivity contribution in [1.29, 1.82) is 0 Å². The fraction of sp³-hybridized carbons (Fsp3) is 0.579. The van der Waals surface area contributed by atoms with Crippen molar-refractivity contribution in [2.75, 3.05) is 13.1 Å². The number of nitrogens with zero attached hydrogens (tertiary/aromatic N) is 5. The summed E-state index contributed by atoms with van der Waals surface area (Å²) in [5, 5.41) is 8.50. The van der Waals surface area contributed by atoms with E-state index in [4.69, 9.17) is 0 Å². The van der Waals surface area contributed by atoms with Gasteiger partial charge in [-0.2, -0.15) is 0 Å². The second kappa shape index (κ2) is 8.23. The number of aryl methyl sites for hydroxylation is 2. The van der Waals surface area contributed by atoms with Gasteiger partial charge >= 0.3 is 0 Å². The van der Waals surface area contributed by atoms with Gasteiger partial charge in [-0.05, 0) is 50.2 Å². The molecule has 1 aliphatic rings. The average Bonchev–Trinajstić information content (AvgIpc) is 3.07. The molecular weight excluding hydrogens is 314 g/mol. The van der Waals surface area contributed by atoms with Gasteiger partial charge in [-0.3, -0.25) is 14.5 Å². The second-order valence-corrected chi connectivity index (χ2v) is 7.02. The zero-order chi connectivity index (χ0) is 17.6. The summed E-state index contributed by atoms with van der Waals surface area (Å²) in [5.74, 6) is 0.651. The molecule has 1 saturated heterocycles. The third-order valence-corrected chi connectivity index (χ3v) is 4.84. The molecule has 0 atom stereocenters. The summed E-state index contributed by atoms with van der Waals surface area (Å²) in [5.41, 5.74) is 2.79. The molecule has 2 aromatic heterocycles. The Balaban J connectivity index is 1.50. The van der Waals surface area contributed by atoms with Crippen LogP contribution in [0.25, 0.3) is 0 Å². The molecular formula is C19H27N5O. The summed E-state index contributed by atoms with van der Waals surface area (Å²) >= 11 is 0. The maximum absolute atomic E-state index is 12.6. The quantitative estimate of drug-likeness (QED) is 0.810. The molecule has 25 heavy (non-hydrogen) atoms. The van der Waals surface area contributed by atoms with Crippen molar-refractivity contribution >= 4 is 5.91 Å². The van der Waals surface area contributed by atoms with E-state index in [1.807, 2.05) is 22.6 Å². The minimum atomic E-state index is 0.0947. The minimum Gasteiger partial charge on any atom is -0.339 e. The number of carbonyl (C=O) groups is 1. The van der Waals surface area contributed by atoms with Crippen molar-refractivity contribution in [2.45, 2.75) is 52.5 Å². The highest BCUT2D eigenvalue weighted by atomic mass is 16.2. The maximum atomic E-state index is 12.6. The molecule has 0 radical (unpaired) electrons. The molecule has 0 spiro atoms. The summed E-state index contributed by atoms with van der Waals surface area (Å²) in [6.45, 7) is 6.64. The predicted molar refractivity (Wildman–Crippen MR) is 96.2 cm³/mol. The Morgan fingerprint density at radius 2 is 2.08 bits per heavy atom. The van der Waals surface area contributed by atoms with Gasteiger partial charge in [0.2, 0.25) is 0 Å². The highest BCUT2D eigenvalue weighted by Crippen LogP contribution is 2.20. The third-order valence-electron chi connectivity index (χ3n) is 4.84. The Kier molecular flexibility index (Phi) is 5.79. The van der Waals surface area contributed by atoms with Crippen LogP contribution in [0.4, 0.5) is 0 Å². The summed E-state index contributed by atoms with van der Waals surface area (Å²) in [7, 11) is 0. The summed E-state index contributed by atoms with van der Waals surface area (Å²) in [6.07, 6.45) is 10.9. The van der Waals surface area contributed by atoms with E-state index >= 15 is 0 Å². The van der Waals surface area contributed by atoms with Crippen molar-refractivity contribution in [3.05, 3.63) is 41.5 Å². The lowest BCUT2D eigenvalue weighted by Gasteiger charge is -2.31. The summed E-state index contributed by atoms with van der Waals surface area (Å²) < 4.78 is 1.97. The summed E-state index contributed by atoms with van der Waals surface area (Å²) in [4.78, 5) is 18.7. The molecule has 6 nitrogen and oxygen atoms in total. The maximum Gasteiger partial charge on any atom is 0.255 e. The first-order valence-electron chi connectivity index (χ1n) is 9.25. The third kappa shape index (κ3) is 4.65. The number of pyridine rings is 1. The highest BCUT2D eigenvalue weighted by Gasteiger charge is 2.24. The number of hydrogen-bond donors (Lipinski definition) is 0. The first kappa shape index (κ1) is 17.6. The Labute approximate surface area is 149 Å². The Morgan fingerprint density at radius 1 is 1.28 bits per heavy atom. The average molecular weight is 341 g/mol. The molecule has 134 valence electrons. The molecule has 0 saturated carbocycles. The Bertz CT molecular complexity index is 703. The smallest absolute Gasteiger partial charge is 0.255 e. The standard InChI is InChI=1S/C19H27N5O/c1-3-4-5-18-14-24(22-21-18)13-16-6-8-23(9-7-16)19(25)17-10-15(2)11-20-12-17/h10-12,14,16H,3-9,13H2,1-2H3. The lowest BCUT2D eigenvalue weighted by molar-refractivity contribution is 0.0680. The fourth-order valence-electron chi connectivity index (χ4n) is 3.34. The van der Waals surface area contributed by atoms with E-state index in [1.165, 1.54) is 6.42 Å². The normalized spacial score (nSPS) is 15.5. The number of unbranched alkanes of at least 4 members (excludes halogenated alkanes) is 1. The number of likely N-dealkylation sites (tertiary alicyclic amines) is 1. The van der Waals surface area contributed by atoms with Gasteiger partial charge in [-0.25, -0.2) is 0 Å². The Hall–Kier alpha value is -2.24. The molecule has 2 aromatic rings. The van der Waals surface area contributed by atoms with Crippen LogP contribution >= 0.6 is 0 Å². The topological polar surface area (TPSA) is 63.9 Å². The zero-order valence-electron chi connectivity index (χ0n) is 15.2. The number of amides is 1. The predicted octanol–water partition coefficient (Wildman–Crippen LogP) is 2.88. The lowest BCUT2D eigenvalue weighted by Crippen LogP contribution is -2.39. The van der Waals surface area contributed by atoms with Gasteiger partial charge in [-0.1, -0.05) is 18.6 Å². The minimum absolute atomic E-state index is 0.0947. The molecule has 0 aliphatic carbocycles. The van der Waals surface area contributed by atoms with Gasteiger partial charge in [0.15, 0.2) is 0 Å². The zero-order valence-corrected chi connectivity index (χ0v) is 15.2. The van der Waals surface area contributed by atoms with Gasteiger partial charge < -0.3 is 4.90 Å². The fourth-order valence-corrected chi connectivity index (χ4v) is 3.34. The van der Waals surface area contributed by atoms with E-state index in [9.17, 15) is 4.79 Å². The van der Waals surface area contributed by atoms with E-state index in [1.54, 1.807) is 12.4 Å². The molecule has 1 amide bonds. The van der Waals surface area contributed by atoms with Crippen LogP contribution in [0, 0.1) is 12.8 Å². The molecule has 1 aliphatic heterocycles. The van der Waals surface area contributed by atoms with Crippen LogP contribution in [0.3, 0.4) is 0 Å². The van der Waals surface area contributed by atoms with Crippen LogP contribution in [0.1, 0.15) is 54.2 Å². The van der Waals surface area contributed by atoms with Gasteiger partial charge in [-0.15, -0.1) is 5.10 Å². The molecule has 1 fully saturated rings. The monoisotopic (exact) mass is 341 g/mol. The molecule has 0 N–H and O–H groups in total. The molecule has 0 aromatic carbocycles. The van der Waals surface area contributed by atoms with E-state index < -0.39 is 0 Å². The van der Waals surface area contributed by atoms with E-state index in [0.29, 0.717) is 11.5 Å². The van der Waals surface area contributed by atoms with Crippen LogP contribution in [0.2, 0.25) is 0 Å². The van der Waals surface area contributed by atoms with E-state index in [0.717, 1.165) is 56.6 Å². The van der Waals surface area contributed by atoms with Crippen molar-refractivity contribution < 1.29 is 4.79 Å². The van der Waals surface area contributed by atoms with Crippen molar-refractivity contribution in [2.24, 2.45) is 5.92 Å². The van der Waals surface area contributed by atoms with Crippen LogP contribution in [0.15, 0.2) is 24.7 Å². The number of aromatic nitrogens is 4. The lowest BCUT2D eigenvalue weighted by atomic mass is 9.96. The van der Waals surface area contributed by atoms with Crippen molar-refractivity contribution in [3.63, 3.8) is 0 Å². The van der Waals surface area contributed by atoms with E-state index in [2.05, 4.69) is 28.4 Å². The number of hydrogen-bond acceptors (Lipinski definition) is 4. The van der Waals surface area contributed by atoms with Crippen LogP contribution in [0.5, 0.6) is 0 Å². The van der Waals surface area contributed by atoms with Crippen molar-refractivity contribution in [1.82, 2.24) is 24.9 Å². The van der Waals surface area contributed by atoms with Crippen LogP contribution in [-0.4, -0.2) is 43.9 Å². The first-order valence-corrected chi connectivity index (χ1v) is 9.25. The second-order valence-electron chi connectivity index (χ2n) is 7.02. The first-order chi connectivity index (χ1) is 12.2. The van der Waals surface area contributed by atoms with Gasteiger partial charge in [0.1, 0.15) is 0 Å². The molecule has 0 bridgehead atoms. The van der Waals surface area contributed by atoms with Gasteiger partial charge in [0.25, 0.3) is 5.91 Å². The number of piperidine rings is 1. The molecule has 3 heterocycles. The molecule has 6 heteroatoms. The largest absolute Gasteiger partial charge is 0.339 e. The molecule has 0 unspecified atom stereocenters. The van der Waals surface area contributed by atoms with Crippen LogP contribution in [-0.2, 0) is 13.0 Å².